The first-order chi connectivity index (χ1) is 16.4. The lowest BCUT2D eigenvalue weighted by molar-refractivity contribution is -0.159. The maximum atomic E-state index is 14.1. The number of alkyl halides is 1. The van der Waals surface area contributed by atoms with Gasteiger partial charge in [0.1, 0.15) is 17.8 Å². The number of ether oxygens (including phenoxy) is 2. The largest absolute Gasteiger partial charge is 0.459 e. The van der Waals surface area contributed by atoms with E-state index in [2.05, 4.69) is 15.3 Å². The molecule has 0 aliphatic carbocycles. The molecule has 2 aliphatic heterocycles. The highest BCUT2D eigenvalue weighted by Crippen LogP contribution is 2.37. The Hall–Kier alpha value is -2.34. The second-order valence-electron chi connectivity index (χ2n) is 9.60. The molecule has 0 saturated carbocycles. The number of hydrogen-bond donors (Lipinski definition) is 1. The summed E-state index contributed by atoms with van der Waals surface area (Å²) in [5.74, 6) is -0.439. The molecule has 3 atom stereocenters. The highest BCUT2D eigenvalue weighted by Gasteiger charge is 2.41. The van der Waals surface area contributed by atoms with Crippen molar-refractivity contribution < 1.29 is 27.1 Å². The Balaban J connectivity index is 1.61. The third-order valence-corrected chi connectivity index (χ3v) is 8.05. The number of nitrogens with one attached hydrogen (secondary N) is 1. The molecule has 1 aromatic heterocycles. The molecule has 9 nitrogen and oxygen atoms in total. The van der Waals surface area contributed by atoms with Gasteiger partial charge >= 0.3 is 5.97 Å². The van der Waals surface area contributed by atoms with Crippen molar-refractivity contribution in [3.63, 3.8) is 0 Å². The minimum absolute atomic E-state index is 0.000979. The van der Waals surface area contributed by atoms with Crippen molar-refractivity contribution in [1.29, 1.82) is 0 Å². The summed E-state index contributed by atoms with van der Waals surface area (Å²) < 4.78 is 52.4. The zero-order chi connectivity index (χ0) is 25.5. The maximum Gasteiger partial charge on any atom is 0.324 e. The SMILES string of the molecule is C[C@H](C(=O)OC(C)(C)C)N1Cc2ccc(-c3nc(NC4CCOC[C@H]4F)ncc3Cl)cc2S1(=O)=O. The Kier molecular flexibility index (Phi) is 7.07. The number of rotatable bonds is 5. The summed E-state index contributed by atoms with van der Waals surface area (Å²) in [7, 11) is -3.96. The van der Waals surface area contributed by atoms with Crippen LogP contribution in [0.3, 0.4) is 0 Å². The van der Waals surface area contributed by atoms with Crippen molar-refractivity contribution in [1.82, 2.24) is 14.3 Å². The van der Waals surface area contributed by atoms with E-state index in [-0.39, 0.29) is 29.0 Å². The molecule has 0 amide bonds. The van der Waals surface area contributed by atoms with Crippen LogP contribution >= 0.6 is 11.6 Å². The van der Waals surface area contributed by atoms with Crippen molar-refractivity contribution in [2.24, 2.45) is 0 Å². The molecule has 1 fully saturated rings. The van der Waals surface area contributed by atoms with E-state index in [9.17, 15) is 17.6 Å². The van der Waals surface area contributed by atoms with Gasteiger partial charge in [-0.3, -0.25) is 4.79 Å². The molecule has 3 heterocycles. The number of anilines is 1. The van der Waals surface area contributed by atoms with Crippen molar-refractivity contribution in [3.05, 3.63) is 35.0 Å². The number of halogens is 2. The topological polar surface area (TPSA) is 111 Å². The van der Waals surface area contributed by atoms with E-state index in [1.165, 1.54) is 19.2 Å². The third-order valence-electron chi connectivity index (χ3n) is 5.78. The number of esters is 1. The van der Waals surface area contributed by atoms with Crippen LogP contribution in [0, 0.1) is 0 Å². The molecule has 0 radical (unpaired) electrons. The number of aromatic nitrogens is 2. The number of carbonyl (C=O) groups excluding carboxylic acids is 1. The first-order valence-corrected chi connectivity index (χ1v) is 13.1. The average Bonchev–Trinajstić information content (AvgIpc) is 3.05. The van der Waals surface area contributed by atoms with Crippen molar-refractivity contribution in [2.45, 2.75) is 69.4 Å². The number of fused-ring (bicyclic) bond motifs is 1. The highest BCUT2D eigenvalue weighted by atomic mass is 35.5. The highest BCUT2D eigenvalue weighted by molar-refractivity contribution is 7.89. The number of carbonyl (C=O) groups is 1. The molecule has 0 spiro atoms. The van der Waals surface area contributed by atoms with Gasteiger partial charge in [0.25, 0.3) is 0 Å². The molecule has 2 aromatic rings. The number of nitrogens with zero attached hydrogens (tertiary/aromatic N) is 3. The standard InChI is InChI=1S/C23H28ClFN4O5S/c1-13(21(30)34-23(2,3)4)29-11-15-6-5-14(9-19(15)35(29,31)32)20-16(24)10-26-22(28-20)27-18-7-8-33-12-17(18)25/h5-6,9-10,13,17-18H,7-8,11-12H2,1-4H3,(H,26,27,28)/t13-,17-,18?/m1/s1. The lowest BCUT2D eigenvalue weighted by Gasteiger charge is -2.26. The summed E-state index contributed by atoms with van der Waals surface area (Å²) >= 11 is 6.34. The molecule has 4 rings (SSSR count). The van der Waals surface area contributed by atoms with Crippen LogP contribution in [-0.2, 0) is 30.8 Å². The first-order valence-electron chi connectivity index (χ1n) is 11.3. The number of hydrogen-bond acceptors (Lipinski definition) is 8. The monoisotopic (exact) mass is 526 g/mol. The number of benzene rings is 1. The fourth-order valence-electron chi connectivity index (χ4n) is 3.97. The van der Waals surface area contributed by atoms with Crippen molar-refractivity contribution in [2.75, 3.05) is 18.5 Å². The summed E-state index contributed by atoms with van der Waals surface area (Å²) in [6.07, 6.45) is 0.650. The quantitative estimate of drug-likeness (QED) is 0.589. The van der Waals surface area contributed by atoms with E-state index in [0.717, 1.165) is 4.31 Å². The summed E-state index contributed by atoms with van der Waals surface area (Å²) in [4.78, 5) is 21.2. The lowest BCUT2D eigenvalue weighted by atomic mass is 10.1. The van der Waals surface area contributed by atoms with Gasteiger partial charge in [-0.1, -0.05) is 23.7 Å². The predicted molar refractivity (Wildman–Crippen MR) is 128 cm³/mol. The van der Waals surface area contributed by atoms with Crippen LogP contribution in [0.2, 0.25) is 5.02 Å². The first kappa shape index (κ1) is 25.7. The van der Waals surface area contributed by atoms with Crippen LogP contribution in [0.5, 0.6) is 0 Å². The van der Waals surface area contributed by atoms with E-state index in [0.29, 0.717) is 29.8 Å². The van der Waals surface area contributed by atoms with E-state index in [1.54, 1.807) is 32.9 Å². The van der Waals surface area contributed by atoms with Gasteiger partial charge in [0.15, 0.2) is 0 Å². The molecular weight excluding hydrogens is 499 g/mol. The van der Waals surface area contributed by atoms with Crippen LogP contribution < -0.4 is 5.32 Å². The molecule has 1 saturated heterocycles. The lowest BCUT2D eigenvalue weighted by Crippen LogP contribution is -2.42. The summed E-state index contributed by atoms with van der Waals surface area (Å²) in [6.45, 7) is 7.15. The van der Waals surface area contributed by atoms with Gasteiger partial charge in [0.2, 0.25) is 16.0 Å². The summed E-state index contributed by atoms with van der Waals surface area (Å²) in [6, 6.07) is 3.37. The minimum atomic E-state index is -3.96. The number of sulfonamides is 1. The molecule has 12 heteroatoms. The normalized spacial score (nSPS) is 22.9. The minimum Gasteiger partial charge on any atom is -0.459 e. The summed E-state index contributed by atoms with van der Waals surface area (Å²) in [5, 5.41) is 3.19. The molecule has 0 bridgehead atoms. The Morgan fingerprint density at radius 1 is 1.37 bits per heavy atom. The smallest absolute Gasteiger partial charge is 0.324 e. The van der Waals surface area contributed by atoms with Crippen LogP contribution in [0.25, 0.3) is 11.3 Å². The van der Waals surface area contributed by atoms with Crippen molar-refractivity contribution >= 4 is 33.5 Å². The second kappa shape index (κ2) is 9.61. The molecule has 1 N–H and O–H groups in total. The van der Waals surface area contributed by atoms with E-state index in [1.807, 2.05) is 0 Å². The van der Waals surface area contributed by atoms with E-state index < -0.39 is 39.8 Å². The molecule has 190 valence electrons. The average molecular weight is 527 g/mol. The van der Waals surface area contributed by atoms with Crippen LogP contribution in [0.15, 0.2) is 29.3 Å². The zero-order valence-corrected chi connectivity index (χ0v) is 21.5. The fraction of sp³-hybridized carbons (Fsp3) is 0.522. The van der Waals surface area contributed by atoms with Gasteiger partial charge in [0.05, 0.1) is 34.5 Å². The van der Waals surface area contributed by atoms with Crippen LogP contribution in [0.4, 0.5) is 10.3 Å². The third kappa shape index (κ3) is 5.42. The van der Waals surface area contributed by atoms with Gasteiger partial charge in [0, 0.05) is 18.7 Å². The molecular formula is C23H28ClFN4O5S. The van der Waals surface area contributed by atoms with Gasteiger partial charge in [-0.15, -0.1) is 0 Å². The van der Waals surface area contributed by atoms with Gasteiger partial charge < -0.3 is 14.8 Å². The van der Waals surface area contributed by atoms with Gasteiger partial charge in [-0.25, -0.2) is 22.8 Å². The predicted octanol–water partition coefficient (Wildman–Crippen LogP) is 3.57. The Labute approximate surface area is 209 Å². The molecule has 35 heavy (non-hydrogen) atoms. The summed E-state index contributed by atoms with van der Waals surface area (Å²) in [5.41, 5.74) is 0.578. The Morgan fingerprint density at radius 3 is 2.80 bits per heavy atom. The molecule has 1 unspecified atom stereocenters. The van der Waals surface area contributed by atoms with Gasteiger partial charge in [-0.05, 0) is 45.7 Å². The maximum absolute atomic E-state index is 14.1. The zero-order valence-electron chi connectivity index (χ0n) is 19.9. The Morgan fingerprint density at radius 2 is 2.11 bits per heavy atom. The molecule has 2 aliphatic rings. The second-order valence-corrected chi connectivity index (χ2v) is 11.9. The fourth-order valence-corrected chi connectivity index (χ4v) is 5.98. The van der Waals surface area contributed by atoms with E-state index in [4.69, 9.17) is 21.1 Å². The van der Waals surface area contributed by atoms with E-state index >= 15 is 0 Å². The molecule has 1 aromatic carbocycles. The van der Waals surface area contributed by atoms with Crippen LogP contribution in [0.1, 0.15) is 39.7 Å². The van der Waals surface area contributed by atoms with Crippen LogP contribution in [-0.4, -0.2) is 65.7 Å². The van der Waals surface area contributed by atoms with Crippen molar-refractivity contribution in [3.8, 4) is 11.3 Å². The Bertz CT molecular complexity index is 1240. The van der Waals surface area contributed by atoms with Gasteiger partial charge in [-0.2, -0.15) is 4.31 Å².